The topological polar surface area (TPSA) is 89.0 Å². The molecule has 0 aliphatic rings. The number of carbonyl (C=O) groups is 1. The molecule has 0 aliphatic carbocycles. The number of pyridine rings is 1. The monoisotopic (exact) mass is 338 g/mol. The lowest BCUT2D eigenvalue weighted by atomic mass is 10.1. The number of benzene rings is 1. The Morgan fingerprint density at radius 1 is 1.24 bits per heavy atom. The minimum absolute atomic E-state index is 0.0457. The highest BCUT2D eigenvalue weighted by molar-refractivity contribution is 6.04. The van der Waals surface area contributed by atoms with Gasteiger partial charge in [-0.25, -0.2) is 0 Å². The Kier molecular flexibility index (Phi) is 5.06. The average molecular weight is 338 g/mol. The van der Waals surface area contributed by atoms with Crippen molar-refractivity contribution in [1.29, 1.82) is 0 Å². The highest BCUT2D eigenvalue weighted by Crippen LogP contribution is 2.15. The summed E-state index contributed by atoms with van der Waals surface area (Å²) in [4.78, 5) is 27.3. The number of aromatic nitrogens is 3. The van der Waals surface area contributed by atoms with E-state index >= 15 is 0 Å². The molecule has 0 unspecified atom stereocenters. The van der Waals surface area contributed by atoms with Gasteiger partial charge in [0.25, 0.3) is 11.5 Å². The van der Waals surface area contributed by atoms with E-state index in [1.165, 1.54) is 12.3 Å². The molecule has 7 nitrogen and oxygen atoms in total. The van der Waals surface area contributed by atoms with E-state index in [1.807, 2.05) is 30.3 Å². The van der Waals surface area contributed by atoms with Gasteiger partial charge in [0.15, 0.2) is 0 Å². The molecule has 1 amide bonds. The fourth-order valence-corrected chi connectivity index (χ4v) is 2.37. The predicted molar refractivity (Wildman–Crippen MR) is 94.6 cm³/mol. The number of anilines is 1. The van der Waals surface area contributed by atoms with Crippen molar-refractivity contribution in [2.24, 2.45) is 0 Å². The molecule has 0 atom stereocenters. The number of ether oxygens (including phenoxy) is 1. The van der Waals surface area contributed by atoms with Crippen LogP contribution in [0.25, 0.3) is 11.3 Å². The van der Waals surface area contributed by atoms with E-state index in [9.17, 15) is 9.59 Å². The third kappa shape index (κ3) is 4.02. The van der Waals surface area contributed by atoms with E-state index < -0.39 is 11.5 Å². The van der Waals surface area contributed by atoms with Crippen LogP contribution in [0.2, 0.25) is 0 Å². The van der Waals surface area contributed by atoms with Gasteiger partial charge < -0.3 is 15.0 Å². The Labute approximate surface area is 144 Å². The third-order valence-electron chi connectivity index (χ3n) is 3.65. The van der Waals surface area contributed by atoms with Crippen LogP contribution in [-0.4, -0.2) is 34.4 Å². The number of hydrogen-bond donors (Lipinski definition) is 2. The molecule has 2 aromatic heterocycles. The summed E-state index contributed by atoms with van der Waals surface area (Å²) in [7, 11) is 1.61. The van der Waals surface area contributed by atoms with Crippen molar-refractivity contribution in [3.63, 3.8) is 0 Å². The lowest BCUT2D eigenvalue weighted by Crippen LogP contribution is -2.23. The molecule has 128 valence electrons. The van der Waals surface area contributed by atoms with Crippen LogP contribution in [0.5, 0.6) is 0 Å². The van der Waals surface area contributed by atoms with E-state index in [4.69, 9.17) is 4.74 Å². The average Bonchev–Trinajstić information content (AvgIpc) is 3.07. The first-order valence-corrected chi connectivity index (χ1v) is 7.79. The first kappa shape index (κ1) is 16.7. The van der Waals surface area contributed by atoms with Gasteiger partial charge in [0.1, 0.15) is 5.56 Å². The number of methoxy groups -OCH3 is 1. The van der Waals surface area contributed by atoms with Crippen LogP contribution in [0.4, 0.5) is 5.69 Å². The van der Waals surface area contributed by atoms with Crippen molar-refractivity contribution in [2.45, 2.75) is 6.54 Å². The zero-order chi connectivity index (χ0) is 17.6. The molecular weight excluding hydrogens is 320 g/mol. The highest BCUT2D eigenvalue weighted by atomic mass is 16.5. The van der Waals surface area contributed by atoms with Crippen LogP contribution in [0.15, 0.2) is 59.7 Å². The van der Waals surface area contributed by atoms with Crippen LogP contribution in [0.3, 0.4) is 0 Å². The molecular formula is C18H18N4O3. The second kappa shape index (κ2) is 7.59. The summed E-state index contributed by atoms with van der Waals surface area (Å²) < 4.78 is 6.63. The predicted octanol–water partition coefficient (Wildman–Crippen LogP) is 2.14. The number of hydrogen-bond acceptors (Lipinski definition) is 4. The number of nitrogens with zero attached hydrogens (tertiary/aromatic N) is 2. The van der Waals surface area contributed by atoms with Crippen molar-refractivity contribution < 1.29 is 9.53 Å². The zero-order valence-corrected chi connectivity index (χ0v) is 13.7. The lowest BCUT2D eigenvalue weighted by Gasteiger charge is -2.05. The number of rotatable bonds is 6. The van der Waals surface area contributed by atoms with Crippen LogP contribution in [0, 0.1) is 0 Å². The minimum Gasteiger partial charge on any atom is -0.383 e. The summed E-state index contributed by atoms with van der Waals surface area (Å²) in [6, 6.07) is 12.7. The molecule has 1 aromatic carbocycles. The molecule has 0 bridgehead atoms. The zero-order valence-electron chi connectivity index (χ0n) is 13.7. The molecule has 7 heteroatoms. The van der Waals surface area contributed by atoms with Crippen molar-refractivity contribution in [1.82, 2.24) is 14.8 Å². The maximum Gasteiger partial charge on any atom is 0.261 e. The van der Waals surface area contributed by atoms with Gasteiger partial charge >= 0.3 is 0 Å². The maximum atomic E-state index is 12.3. The molecule has 0 aliphatic heterocycles. The summed E-state index contributed by atoms with van der Waals surface area (Å²) >= 11 is 0. The molecule has 3 rings (SSSR count). The third-order valence-corrected chi connectivity index (χ3v) is 3.65. The van der Waals surface area contributed by atoms with Crippen molar-refractivity contribution in [2.75, 3.05) is 19.0 Å². The number of carbonyl (C=O) groups excluding carboxylic acids is 1. The summed E-state index contributed by atoms with van der Waals surface area (Å²) in [6.07, 6.45) is 3.21. The van der Waals surface area contributed by atoms with E-state index in [0.29, 0.717) is 24.5 Å². The Hall–Kier alpha value is -3.19. The number of amides is 1. The van der Waals surface area contributed by atoms with E-state index in [-0.39, 0.29) is 5.56 Å². The molecule has 0 spiro atoms. The lowest BCUT2D eigenvalue weighted by molar-refractivity contribution is 0.102. The van der Waals surface area contributed by atoms with E-state index in [2.05, 4.69) is 15.4 Å². The molecule has 2 N–H and O–H groups in total. The Morgan fingerprint density at radius 3 is 2.76 bits per heavy atom. The Balaban J connectivity index is 1.74. The molecule has 0 saturated heterocycles. The van der Waals surface area contributed by atoms with Gasteiger partial charge in [-0.3, -0.25) is 14.3 Å². The molecule has 0 radical (unpaired) electrons. The van der Waals surface area contributed by atoms with Crippen LogP contribution in [0.1, 0.15) is 10.4 Å². The maximum absolute atomic E-state index is 12.3. The molecule has 0 fully saturated rings. The number of H-pyrrole nitrogens is 1. The SMILES string of the molecule is COCCn1cc(NC(=O)c2ccc(-c3ccccc3)[nH]c2=O)cn1. The van der Waals surface area contributed by atoms with Gasteiger partial charge in [-0.2, -0.15) is 5.10 Å². The summed E-state index contributed by atoms with van der Waals surface area (Å²) in [5.74, 6) is -0.479. The molecule has 2 heterocycles. The van der Waals surface area contributed by atoms with Crippen molar-refractivity contribution >= 4 is 11.6 Å². The first-order chi connectivity index (χ1) is 12.2. The van der Waals surface area contributed by atoms with E-state index in [1.54, 1.807) is 24.1 Å². The van der Waals surface area contributed by atoms with Gasteiger partial charge in [-0.05, 0) is 17.7 Å². The standard InChI is InChI=1S/C18H18N4O3/c1-25-10-9-22-12-14(11-19-22)20-17(23)15-7-8-16(21-18(15)24)13-5-3-2-4-6-13/h2-8,11-12H,9-10H2,1H3,(H,20,23)(H,21,24). The Bertz CT molecular complexity index is 915. The van der Waals surface area contributed by atoms with Gasteiger partial charge in [0.2, 0.25) is 0 Å². The van der Waals surface area contributed by atoms with Gasteiger partial charge in [0.05, 0.1) is 25.0 Å². The molecule has 25 heavy (non-hydrogen) atoms. The Morgan fingerprint density at radius 2 is 2.04 bits per heavy atom. The normalized spacial score (nSPS) is 10.6. The summed E-state index contributed by atoms with van der Waals surface area (Å²) in [5.41, 5.74) is 1.67. The van der Waals surface area contributed by atoms with Crippen LogP contribution < -0.4 is 10.9 Å². The van der Waals surface area contributed by atoms with E-state index in [0.717, 1.165) is 5.56 Å². The van der Waals surface area contributed by atoms with Crippen LogP contribution >= 0.6 is 0 Å². The van der Waals surface area contributed by atoms with Crippen molar-refractivity contribution in [3.05, 3.63) is 70.8 Å². The number of aromatic amines is 1. The second-order valence-electron chi connectivity index (χ2n) is 5.42. The quantitative estimate of drug-likeness (QED) is 0.721. The number of nitrogens with one attached hydrogen (secondary N) is 2. The first-order valence-electron chi connectivity index (χ1n) is 7.79. The fraction of sp³-hybridized carbons (Fsp3) is 0.167. The van der Waals surface area contributed by atoms with Gasteiger partial charge in [-0.1, -0.05) is 30.3 Å². The summed E-state index contributed by atoms with van der Waals surface area (Å²) in [5, 5.41) is 6.78. The highest BCUT2D eigenvalue weighted by Gasteiger charge is 2.12. The largest absolute Gasteiger partial charge is 0.383 e. The summed E-state index contributed by atoms with van der Waals surface area (Å²) in [6.45, 7) is 1.11. The van der Waals surface area contributed by atoms with Gasteiger partial charge in [-0.15, -0.1) is 0 Å². The minimum atomic E-state index is -0.479. The molecule has 3 aromatic rings. The van der Waals surface area contributed by atoms with Gasteiger partial charge in [0, 0.05) is 19.0 Å². The smallest absolute Gasteiger partial charge is 0.261 e. The van der Waals surface area contributed by atoms with Crippen molar-refractivity contribution in [3.8, 4) is 11.3 Å². The van der Waals surface area contributed by atoms with Crippen LogP contribution in [-0.2, 0) is 11.3 Å². The fourth-order valence-electron chi connectivity index (χ4n) is 2.37. The second-order valence-corrected chi connectivity index (χ2v) is 5.42. The molecule has 0 saturated carbocycles.